The van der Waals surface area contributed by atoms with Crippen LogP contribution in [0.1, 0.15) is 32.6 Å². The normalized spacial score (nSPS) is 22.4. The van der Waals surface area contributed by atoms with Crippen LogP contribution in [-0.2, 0) is 9.59 Å². The largest absolute Gasteiger partial charge is 0.480 e. The Kier molecular flexibility index (Phi) is 6.44. The van der Waals surface area contributed by atoms with Gasteiger partial charge in [0.15, 0.2) is 0 Å². The van der Waals surface area contributed by atoms with E-state index in [1.165, 1.54) is 12.1 Å². The third kappa shape index (κ3) is 4.65. The first-order valence-corrected chi connectivity index (χ1v) is 9.76. The Labute approximate surface area is 159 Å². The van der Waals surface area contributed by atoms with Gasteiger partial charge in [-0.05, 0) is 50.4 Å². The monoisotopic (exact) mass is 377 g/mol. The van der Waals surface area contributed by atoms with Crippen molar-refractivity contribution in [3.8, 4) is 0 Å². The van der Waals surface area contributed by atoms with E-state index in [9.17, 15) is 14.0 Å². The minimum atomic E-state index is -0.799. The lowest BCUT2D eigenvalue weighted by molar-refractivity contribution is -0.139. The molecule has 0 aromatic heterocycles. The fraction of sp³-hybridized carbons (Fsp3) is 0.600. The number of carboxylic acids is 1. The summed E-state index contributed by atoms with van der Waals surface area (Å²) in [7, 11) is 0. The summed E-state index contributed by atoms with van der Waals surface area (Å²) in [4.78, 5) is 30.0. The van der Waals surface area contributed by atoms with E-state index >= 15 is 0 Å². The summed E-state index contributed by atoms with van der Waals surface area (Å²) in [5, 5.41) is 9.06. The van der Waals surface area contributed by atoms with Crippen molar-refractivity contribution in [2.24, 2.45) is 0 Å². The molecule has 1 unspecified atom stereocenters. The molecule has 2 heterocycles. The fourth-order valence-electron chi connectivity index (χ4n) is 4.33. The van der Waals surface area contributed by atoms with Gasteiger partial charge >= 0.3 is 5.97 Å². The van der Waals surface area contributed by atoms with Crippen molar-refractivity contribution >= 4 is 17.6 Å². The first-order valence-electron chi connectivity index (χ1n) is 9.76. The highest BCUT2D eigenvalue weighted by atomic mass is 19.1. The third-order valence-electron chi connectivity index (χ3n) is 5.73. The van der Waals surface area contributed by atoms with Crippen LogP contribution in [0, 0.1) is 5.82 Å². The topological polar surface area (TPSA) is 64.1 Å². The minimum Gasteiger partial charge on any atom is -0.480 e. The van der Waals surface area contributed by atoms with Crippen LogP contribution in [0.4, 0.5) is 10.1 Å². The van der Waals surface area contributed by atoms with Crippen LogP contribution in [0.2, 0.25) is 0 Å². The van der Waals surface area contributed by atoms with Crippen LogP contribution >= 0.6 is 0 Å². The van der Waals surface area contributed by atoms with Crippen LogP contribution in [-0.4, -0.2) is 71.6 Å². The Hall–Kier alpha value is -1.99. The maximum absolute atomic E-state index is 13.5. The van der Waals surface area contributed by atoms with Crippen LogP contribution in [0.15, 0.2) is 24.3 Å². The molecule has 2 aliphatic rings. The van der Waals surface area contributed by atoms with Crippen LogP contribution < -0.4 is 4.90 Å². The zero-order chi connectivity index (χ0) is 19.4. The Morgan fingerprint density at radius 2 is 2.00 bits per heavy atom. The van der Waals surface area contributed by atoms with Crippen LogP contribution in [0.3, 0.4) is 0 Å². The molecule has 6 nitrogen and oxygen atoms in total. The van der Waals surface area contributed by atoms with Gasteiger partial charge in [0.2, 0.25) is 5.91 Å². The molecule has 1 aromatic rings. The number of piperidine rings is 2. The van der Waals surface area contributed by atoms with Crippen molar-refractivity contribution in [3.63, 3.8) is 0 Å². The molecule has 2 saturated heterocycles. The number of carboxylic acid groups (broad SMARTS) is 1. The number of hydrogen-bond acceptors (Lipinski definition) is 4. The summed E-state index contributed by atoms with van der Waals surface area (Å²) in [6.45, 7) is 4.96. The molecule has 7 heteroatoms. The minimum absolute atomic E-state index is 0.0446. The lowest BCUT2D eigenvalue weighted by Gasteiger charge is -2.43. The van der Waals surface area contributed by atoms with E-state index in [2.05, 4.69) is 4.90 Å². The molecular weight excluding hydrogens is 349 g/mol. The predicted octanol–water partition coefficient (Wildman–Crippen LogP) is 2.19. The van der Waals surface area contributed by atoms with Crippen molar-refractivity contribution in [1.82, 2.24) is 9.80 Å². The second kappa shape index (κ2) is 8.80. The van der Waals surface area contributed by atoms with E-state index < -0.39 is 5.97 Å². The van der Waals surface area contributed by atoms with Gasteiger partial charge in [-0.25, -0.2) is 4.39 Å². The highest BCUT2D eigenvalue weighted by Crippen LogP contribution is 2.27. The number of anilines is 1. The Morgan fingerprint density at radius 3 is 2.63 bits per heavy atom. The number of carbonyl (C=O) groups is 2. The first-order chi connectivity index (χ1) is 13.0. The molecule has 1 N–H and O–H groups in total. The molecule has 0 bridgehead atoms. The van der Waals surface area contributed by atoms with Gasteiger partial charge in [-0.2, -0.15) is 0 Å². The average Bonchev–Trinajstić information content (AvgIpc) is 2.66. The van der Waals surface area contributed by atoms with E-state index in [1.54, 1.807) is 17.0 Å². The fourth-order valence-corrected chi connectivity index (χ4v) is 4.33. The molecule has 0 radical (unpaired) electrons. The predicted molar refractivity (Wildman–Crippen MR) is 101 cm³/mol. The number of halogens is 1. The third-order valence-corrected chi connectivity index (χ3v) is 5.73. The quantitative estimate of drug-likeness (QED) is 0.823. The average molecular weight is 377 g/mol. The van der Waals surface area contributed by atoms with Gasteiger partial charge in [0.05, 0.1) is 12.6 Å². The van der Waals surface area contributed by atoms with Gasteiger partial charge in [-0.15, -0.1) is 0 Å². The molecule has 2 aliphatic heterocycles. The number of amides is 1. The molecule has 0 aliphatic carbocycles. The molecule has 1 amide bonds. The summed E-state index contributed by atoms with van der Waals surface area (Å²) in [6.07, 6.45) is 3.45. The Balaban J connectivity index is 1.62. The molecule has 27 heavy (non-hydrogen) atoms. The summed E-state index contributed by atoms with van der Waals surface area (Å²) in [5.74, 6) is -1.09. The van der Waals surface area contributed by atoms with E-state index in [-0.39, 0.29) is 30.4 Å². The maximum atomic E-state index is 13.5. The number of nitrogens with zero attached hydrogens (tertiary/aromatic N) is 3. The Bertz CT molecular complexity index is 676. The maximum Gasteiger partial charge on any atom is 0.317 e. The summed E-state index contributed by atoms with van der Waals surface area (Å²) in [5.41, 5.74) is 0.623. The number of aliphatic carboxylic acids is 1. The second-order valence-corrected chi connectivity index (χ2v) is 7.35. The van der Waals surface area contributed by atoms with E-state index in [0.29, 0.717) is 18.8 Å². The van der Waals surface area contributed by atoms with E-state index in [1.807, 2.05) is 11.8 Å². The van der Waals surface area contributed by atoms with Crippen LogP contribution in [0.25, 0.3) is 0 Å². The lowest BCUT2D eigenvalue weighted by Crippen LogP contribution is -2.56. The Morgan fingerprint density at radius 1 is 1.26 bits per heavy atom. The molecule has 0 saturated carbocycles. The van der Waals surface area contributed by atoms with Gasteiger partial charge in [-0.1, -0.05) is 13.0 Å². The van der Waals surface area contributed by atoms with Gasteiger partial charge in [0, 0.05) is 31.4 Å². The van der Waals surface area contributed by atoms with Crippen molar-refractivity contribution in [2.45, 2.75) is 44.7 Å². The lowest BCUT2D eigenvalue weighted by atomic mass is 9.96. The highest BCUT2D eigenvalue weighted by Gasteiger charge is 2.36. The number of carbonyl (C=O) groups excluding carboxylic acids is 1. The van der Waals surface area contributed by atoms with Crippen molar-refractivity contribution in [2.75, 3.05) is 37.6 Å². The molecule has 2 fully saturated rings. The van der Waals surface area contributed by atoms with E-state index in [4.69, 9.17) is 5.11 Å². The number of likely N-dealkylation sites (tertiary alicyclic amines) is 1. The highest BCUT2D eigenvalue weighted by molar-refractivity contribution is 5.97. The zero-order valence-electron chi connectivity index (χ0n) is 15.8. The SMILES string of the molecule is CCN(CC(=O)O)C1CCN(C2CCCN(c3cccc(F)c3)C2=O)CC1. The number of hydrogen-bond donors (Lipinski definition) is 1. The summed E-state index contributed by atoms with van der Waals surface area (Å²) < 4.78 is 13.5. The summed E-state index contributed by atoms with van der Waals surface area (Å²) >= 11 is 0. The van der Waals surface area contributed by atoms with Crippen molar-refractivity contribution in [1.29, 1.82) is 0 Å². The second-order valence-electron chi connectivity index (χ2n) is 7.35. The number of benzene rings is 1. The summed E-state index contributed by atoms with van der Waals surface area (Å²) in [6, 6.07) is 6.29. The molecule has 148 valence electrons. The van der Waals surface area contributed by atoms with Gasteiger partial charge in [-0.3, -0.25) is 19.4 Å². The van der Waals surface area contributed by atoms with Crippen LogP contribution in [0.5, 0.6) is 0 Å². The van der Waals surface area contributed by atoms with Crippen molar-refractivity contribution in [3.05, 3.63) is 30.1 Å². The number of likely N-dealkylation sites (N-methyl/N-ethyl adjacent to an activating group) is 1. The molecular formula is C20H28FN3O3. The van der Waals surface area contributed by atoms with E-state index in [0.717, 1.165) is 38.8 Å². The number of rotatable bonds is 6. The molecule has 3 rings (SSSR count). The first kappa shape index (κ1) is 19.8. The van der Waals surface area contributed by atoms with Crippen molar-refractivity contribution < 1.29 is 19.1 Å². The van der Waals surface area contributed by atoms with Gasteiger partial charge in [0.25, 0.3) is 0 Å². The van der Waals surface area contributed by atoms with Gasteiger partial charge in [0.1, 0.15) is 5.82 Å². The zero-order valence-corrected chi connectivity index (χ0v) is 15.8. The molecule has 1 atom stereocenters. The molecule has 0 spiro atoms. The smallest absolute Gasteiger partial charge is 0.317 e. The molecule has 1 aromatic carbocycles. The van der Waals surface area contributed by atoms with Gasteiger partial charge < -0.3 is 10.0 Å². The standard InChI is InChI=1S/C20H28FN3O3/c1-2-22(14-19(25)26)16-8-11-23(12-9-16)18-7-4-10-24(20(18)27)17-6-3-5-15(21)13-17/h3,5-6,13,16,18H,2,4,7-12,14H2,1H3,(H,25,26).